The van der Waals surface area contributed by atoms with Crippen molar-refractivity contribution in [2.45, 2.75) is 58.6 Å². The minimum absolute atomic E-state index is 0.198. The highest BCUT2D eigenvalue weighted by Gasteiger charge is 2.27. The molecule has 1 unspecified atom stereocenters. The zero-order valence-electron chi connectivity index (χ0n) is 19.8. The largest absolute Gasteiger partial charge is 0.444 e. The van der Waals surface area contributed by atoms with E-state index in [1.807, 2.05) is 32.7 Å². The van der Waals surface area contributed by atoms with E-state index in [1.54, 1.807) is 0 Å². The number of carbonyl (C=O) groups excluding carboxylic acids is 1. The van der Waals surface area contributed by atoms with Gasteiger partial charge in [0.25, 0.3) is 0 Å². The average Bonchev–Trinajstić information content (AvgIpc) is 3.19. The summed E-state index contributed by atoms with van der Waals surface area (Å²) in [6.07, 6.45) is 2.86. The van der Waals surface area contributed by atoms with E-state index >= 15 is 0 Å². The van der Waals surface area contributed by atoms with Crippen LogP contribution in [0.2, 0.25) is 0 Å². The second-order valence-electron chi connectivity index (χ2n) is 9.78. The zero-order chi connectivity index (χ0) is 22.4. The molecular weight excluding hydrogens is 390 g/mol. The Morgan fingerprint density at radius 2 is 1.81 bits per heavy atom. The van der Waals surface area contributed by atoms with Crippen LogP contribution in [0.4, 0.5) is 10.5 Å². The molecule has 2 aliphatic rings. The molecule has 0 spiro atoms. The maximum atomic E-state index is 12.2. The molecule has 0 aromatic heterocycles. The van der Waals surface area contributed by atoms with Crippen molar-refractivity contribution in [1.29, 1.82) is 0 Å². The highest BCUT2D eigenvalue weighted by Crippen LogP contribution is 2.21. The standard InChI is InChI=1S/C24H39N5O2/c1-18-6-8-21(9-7-18)29-15-12-20(17-29)27-22(25-5)26-16-19-10-13-28(14-11-19)23(30)31-24(2,3)4/h6-9,19-20H,10-17H2,1-5H3,(H2,25,26,27). The smallest absolute Gasteiger partial charge is 0.410 e. The van der Waals surface area contributed by atoms with Crippen LogP contribution in [0.15, 0.2) is 29.3 Å². The first-order valence-corrected chi connectivity index (χ1v) is 11.5. The van der Waals surface area contributed by atoms with Gasteiger partial charge >= 0.3 is 6.09 Å². The fraction of sp³-hybridized carbons (Fsp3) is 0.667. The van der Waals surface area contributed by atoms with E-state index in [4.69, 9.17) is 4.74 Å². The van der Waals surface area contributed by atoms with Crippen LogP contribution in [0.3, 0.4) is 0 Å². The lowest BCUT2D eigenvalue weighted by molar-refractivity contribution is 0.0185. The topological polar surface area (TPSA) is 69.2 Å². The molecule has 2 fully saturated rings. The summed E-state index contributed by atoms with van der Waals surface area (Å²) in [5.74, 6) is 1.40. The third-order valence-electron chi connectivity index (χ3n) is 5.98. The summed E-state index contributed by atoms with van der Waals surface area (Å²) in [6, 6.07) is 9.14. The molecule has 0 aliphatic carbocycles. The molecule has 2 aliphatic heterocycles. The quantitative estimate of drug-likeness (QED) is 0.567. The summed E-state index contributed by atoms with van der Waals surface area (Å²) in [4.78, 5) is 20.9. The molecule has 2 heterocycles. The number of nitrogens with zero attached hydrogens (tertiary/aromatic N) is 3. The van der Waals surface area contributed by atoms with Gasteiger partial charge in [0, 0.05) is 51.5 Å². The van der Waals surface area contributed by atoms with Gasteiger partial charge < -0.3 is 25.2 Å². The van der Waals surface area contributed by atoms with Crippen LogP contribution < -0.4 is 15.5 Å². The van der Waals surface area contributed by atoms with Crippen LogP contribution in [0, 0.1) is 12.8 Å². The number of anilines is 1. The van der Waals surface area contributed by atoms with Crippen LogP contribution in [-0.4, -0.2) is 68.4 Å². The van der Waals surface area contributed by atoms with Crippen molar-refractivity contribution in [3.63, 3.8) is 0 Å². The summed E-state index contributed by atoms with van der Waals surface area (Å²) in [7, 11) is 1.83. The second-order valence-corrected chi connectivity index (χ2v) is 9.78. The minimum atomic E-state index is -0.442. The number of ether oxygens (including phenoxy) is 1. The molecule has 7 heteroatoms. The van der Waals surface area contributed by atoms with Crippen molar-refractivity contribution in [1.82, 2.24) is 15.5 Å². The van der Waals surface area contributed by atoms with Crippen molar-refractivity contribution < 1.29 is 9.53 Å². The number of carbonyl (C=O) groups is 1. The van der Waals surface area contributed by atoms with E-state index in [0.29, 0.717) is 12.0 Å². The Morgan fingerprint density at radius 1 is 1.13 bits per heavy atom. The lowest BCUT2D eigenvalue weighted by Crippen LogP contribution is -2.48. The molecule has 1 atom stereocenters. The summed E-state index contributed by atoms with van der Waals surface area (Å²) in [6.45, 7) is 12.3. The third-order valence-corrected chi connectivity index (χ3v) is 5.98. The molecule has 0 radical (unpaired) electrons. The Hall–Kier alpha value is -2.44. The molecule has 2 N–H and O–H groups in total. The zero-order valence-corrected chi connectivity index (χ0v) is 19.8. The van der Waals surface area contributed by atoms with Gasteiger partial charge in [0.15, 0.2) is 5.96 Å². The summed E-state index contributed by atoms with van der Waals surface area (Å²) >= 11 is 0. The predicted molar refractivity (Wildman–Crippen MR) is 127 cm³/mol. The number of hydrogen-bond acceptors (Lipinski definition) is 4. The van der Waals surface area contributed by atoms with Crippen molar-refractivity contribution in [2.24, 2.45) is 10.9 Å². The van der Waals surface area contributed by atoms with E-state index in [0.717, 1.165) is 57.9 Å². The molecule has 2 saturated heterocycles. The first-order chi connectivity index (χ1) is 14.7. The molecule has 0 saturated carbocycles. The summed E-state index contributed by atoms with van der Waals surface area (Å²) in [5, 5.41) is 7.08. The fourth-order valence-corrected chi connectivity index (χ4v) is 4.14. The van der Waals surface area contributed by atoms with Crippen LogP contribution in [0.1, 0.15) is 45.6 Å². The van der Waals surface area contributed by atoms with Gasteiger partial charge in [-0.3, -0.25) is 4.99 Å². The summed E-state index contributed by atoms with van der Waals surface area (Å²) < 4.78 is 5.49. The number of nitrogens with one attached hydrogen (secondary N) is 2. The van der Waals surface area contributed by atoms with E-state index in [1.165, 1.54) is 11.3 Å². The third kappa shape index (κ3) is 7.04. The van der Waals surface area contributed by atoms with Crippen LogP contribution in [0.5, 0.6) is 0 Å². The molecule has 1 amide bonds. The number of guanidine groups is 1. The van der Waals surface area contributed by atoms with E-state index < -0.39 is 5.60 Å². The lowest BCUT2D eigenvalue weighted by Gasteiger charge is -2.33. The number of rotatable bonds is 4. The molecule has 1 aromatic carbocycles. The first kappa shape index (κ1) is 23.2. The van der Waals surface area contributed by atoms with Crippen molar-refractivity contribution in [3.8, 4) is 0 Å². The van der Waals surface area contributed by atoms with Crippen molar-refractivity contribution >= 4 is 17.7 Å². The van der Waals surface area contributed by atoms with Crippen LogP contribution in [-0.2, 0) is 4.74 Å². The number of aliphatic imine (C=N–C) groups is 1. The van der Waals surface area contributed by atoms with Gasteiger partial charge in [0.2, 0.25) is 0 Å². The van der Waals surface area contributed by atoms with Gasteiger partial charge in [-0.1, -0.05) is 17.7 Å². The van der Waals surface area contributed by atoms with Crippen LogP contribution in [0.25, 0.3) is 0 Å². The second kappa shape index (κ2) is 10.2. The minimum Gasteiger partial charge on any atom is -0.444 e. The van der Waals surface area contributed by atoms with E-state index in [-0.39, 0.29) is 6.09 Å². The van der Waals surface area contributed by atoms with E-state index in [2.05, 4.69) is 51.7 Å². The normalized spacial score (nSPS) is 20.7. The Bertz CT molecular complexity index is 748. The number of likely N-dealkylation sites (tertiary alicyclic amines) is 1. The number of aryl methyl sites for hydroxylation is 1. The number of hydrogen-bond donors (Lipinski definition) is 2. The Kier molecular flexibility index (Phi) is 7.68. The van der Waals surface area contributed by atoms with Gasteiger partial charge in [-0.2, -0.15) is 0 Å². The molecule has 7 nitrogen and oxygen atoms in total. The van der Waals surface area contributed by atoms with Crippen molar-refractivity contribution in [3.05, 3.63) is 29.8 Å². The molecule has 31 heavy (non-hydrogen) atoms. The maximum Gasteiger partial charge on any atom is 0.410 e. The highest BCUT2D eigenvalue weighted by molar-refractivity contribution is 5.80. The SMILES string of the molecule is CN=C(NCC1CCN(C(=O)OC(C)(C)C)CC1)NC1CCN(c2ccc(C)cc2)C1. The molecule has 1 aromatic rings. The van der Waals surface area contributed by atoms with Crippen molar-refractivity contribution in [2.75, 3.05) is 44.7 Å². The number of benzene rings is 1. The monoisotopic (exact) mass is 429 g/mol. The number of piperidine rings is 1. The summed E-state index contributed by atoms with van der Waals surface area (Å²) in [5.41, 5.74) is 2.14. The Labute approximate surface area is 187 Å². The molecule has 0 bridgehead atoms. The van der Waals surface area contributed by atoms with Gasteiger partial charge in [-0.05, 0) is 65.0 Å². The maximum absolute atomic E-state index is 12.2. The Morgan fingerprint density at radius 3 is 2.42 bits per heavy atom. The first-order valence-electron chi connectivity index (χ1n) is 11.5. The lowest BCUT2D eigenvalue weighted by atomic mass is 9.97. The van der Waals surface area contributed by atoms with E-state index in [9.17, 15) is 4.79 Å². The molecule has 3 rings (SSSR count). The average molecular weight is 430 g/mol. The molecule has 172 valence electrons. The van der Waals surface area contributed by atoms with Gasteiger partial charge in [0.05, 0.1) is 0 Å². The van der Waals surface area contributed by atoms with Crippen LogP contribution >= 0.6 is 0 Å². The van der Waals surface area contributed by atoms with Gasteiger partial charge in [-0.15, -0.1) is 0 Å². The fourth-order valence-electron chi connectivity index (χ4n) is 4.14. The predicted octanol–water partition coefficient (Wildman–Crippen LogP) is 3.39. The van der Waals surface area contributed by atoms with Gasteiger partial charge in [-0.25, -0.2) is 4.79 Å². The highest BCUT2D eigenvalue weighted by atomic mass is 16.6. The Balaban J connectivity index is 1.38. The van der Waals surface area contributed by atoms with Gasteiger partial charge in [0.1, 0.15) is 5.60 Å². The molecular formula is C24H39N5O2. The number of amides is 1.